The van der Waals surface area contributed by atoms with Gasteiger partial charge in [-0.2, -0.15) is 11.3 Å². The van der Waals surface area contributed by atoms with Crippen molar-refractivity contribution in [2.24, 2.45) is 0 Å². The topological polar surface area (TPSA) is 45.7 Å². The number of aromatic nitrogens is 1. The third-order valence-electron chi connectivity index (χ3n) is 4.80. The Morgan fingerprint density at radius 1 is 1.11 bits per heavy atom. The highest BCUT2D eigenvalue weighted by Gasteiger charge is 2.22. The zero-order valence-corrected chi connectivity index (χ0v) is 17.5. The monoisotopic (exact) mass is 413 g/mol. The highest BCUT2D eigenvalue weighted by Crippen LogP contribution is 2.18. The molecule has 4 rings (SSSR count). The molecule has 0 bridgehead atoms. The van der Waals surface area contributed by atoms with Crippen LogP contribution in [0.25, 0.3) is 0 Å². The summed E-state index contributed by atoms with van der Waals surface area (Å²) < 4.78 is 5.76. The molecule has 0 unspecified atom stereocenters. The lowest BCUT2D eigenvalue weighted by atomic mass is 10.1. The number of aryl methyl sites for hydroxylation is 1. The van der Waals surface area contributed by atoms with Gasteiger partial charge in [0.05, 0.1) is 10.7 Å². The predicted molar refractivity (Wildman–Crippen MR) is 113 cm³/mol. The fourth-order valence-corrected chi connectivity index (χ4v) is 4.52. The van der Waals surface area contributed by atoms with Crippen LogP contribution in [0.1, 0.15) is 26.6 Å². The zero-order chi connectivity index (χ0) is 19.3. The van der Waals surface area contributed by atoms with Crippen LogP contribution in [-0.4, -0.2) is 46.9 Å². The lowest BCUT2D eigenvalue weighted by Crippen LogP contribution is -2.48. The first-order valence-corrected chi connectivity index (χ1v) is 11.2. The van der Waals surface area contributed by atoms with Crippen molar-refractivity contribution in [1.29, 1.82) is 0 Å². The van der Waals surface area contributed by atoms with Crippen molar-refractivity contribution in [2.75, 3.05) is 26.2 Å². The van der Waals surface area contributed by atoms with Crippen LogP contribution in [0.2, 0.25) is 0 Å². The molecule has 2 aromatic heterocycles. The van der Waals surface area contributed by atoms with Crippen LogP contribution in [0.3, 0.4) is 0 Å². The maximum absolute atomic E-state index is 12.8. The zero-order valence-electron chi connectivity index (χ0n) is 15.8. The lowest BCUT2D eigenvalue weighted by molar-refractivity contribution is 0.0628. The van der Waals surface area contributed by atoms with Crippen molar-refractivity contribution in [3.05, 3.63) is 68.3 Å². The number of amides is 1. The Hall–Kier alpha value is -2.22. The van der Waals surface area contributed by atoms with Crippen LogP contribution in [-0.2, 0) is 13.2 Å². The van der Waals surface area contributed by atoms with Crippen LogP contribution < -0.4 is 4.74 Å². The smallest absolute Gasteiger partial charge is 0.253 e. The van der Waals surface area contributed by atoms with E-state index in [1.54, 1.807) is 22.7 Å². The van der Waals surface area contributed by atoms with Crippen molar-refractivity contribution in [1.82, 2.24) is 14.8 Å². The summed E-state index contributed by atoms with van der Waals surface area (Å²) in [5.41, 5.74) is 3.00. The van der Waals surface area contributed by atoms with Crippen LogP contribution in [0, 0.1) is 6.92 Å². The first kappa shape index (κ1) is 19.1. The molecule has 1 aliphatic rings. The average Bonchev–Trinajstić information content (AvgIpc) is 3.38. The Balaban J connectivity index is 1.27. The van der Waals surface area contributed by atoms with E-state index in [1.807, 2.05) is 41.5 Å². The number of thiophene rings is 1. The number of hydrogen-bond donors (Lipinski definition) is 0. The summed E-state index contributed by atoms with van der Waals surface area (Å²) in [6, 6.07) is 9.59. The molecular weight excluding hydrogens is 390 g/mol. The predicted octanol–water partition coefficient (Wildman–Crippen LogP) is 4.05. The summed E-state index contributed by atoms with van der Waals surface area (Å²) >= 11 is 3.35. The third-order valence-corrected chi connectivity index (χ3v) is 6.35. The van der Waals surface area contributed by atoms with Crippen LogP contribution >= 0.6 is 22.7 Å². The van der Waals surface area contributed by atoms with Gasteiger partial charge in [-0.1, -0.05) is 0 Å². The van der Waals surface area contributed by atoms with Crippen LogP contribution in [0.15, 0.2) is 46.5 Å². The van der Waals surface area contributed by atoms with Gasteiger partial charge in [0.1, 0.15) is 12.4 Å². The molecule has 0 aliphatic carbocycles. The Bertz CT molecular complexity index is 898. The summed E-state index contributed by atoms with van der Waals surface area (Å²) in [5, 5.41) is 7.34. The molecule has 1 saturated heterocycles. The van der Waals surface area contributed by atoms with Gasteiger partial charge in [-0.05, 0) is 53.6 Å². The molecule has 3 heterocycles. The van der Waals surface area contributed by atoms with E-state index in [4.69, 9.17) is 4.74 Å². The standard InChI is InChI=1S/C21H23N3O2S2/c1-16-22-19(15-28-16)13-26-20-4-2-18(3-5-20)21(25)24-9-7-23(8-10-24)12-17-6-11-27-14-17/h2-6,11,14-15H,7-10,12-13H2,1H3. The van der Waals surface area contributed by atoms with E-state index in [-0.39, 0.29) is 5.91 Å². The summed E-state index contributed by atoms with van der Waals surface area (Å²) in [7, 11) is 0. The normalized spacial score (nSPS) is 15.0. The maximum atomic E-state index is 12.8. The average molecular weight is 414 g/mol. The second kappa shape index (κ2) is 8.86. The van der Waals surface area contributed by atoms with E-state index < -0.39 is 0 Å². The van der Waals surface area contributed by atoms with Crippen LogP contribution in [0.5, 0.6) is 5.75 Å². The highest BCUT2D eigenvalue weighted by molar-refractivity contribution is 7.09. The van der Waals surface area contributed by atoms with Gasteiger partial charge in [-0.3, -0.25) is 9.69 Å². The van der Waals surface area contributed by atoms with Crippen molar-refractivity contribution in [3.63, 3.8) is 0 Å². The van der Waals surface area contributed by atoms with Crippen molar-refractivity contribution in [3.8, 4) is 5.75 Å². The largest absolute Gasteiger partial charge is 0.487 e. The molecule has 1 aliphatic heterocycles. The van der Waals surface area contributed by atoms with E-state index in [0.717, 1.165) is 49.2 Å². The second-order valence-electron chi connectivity index (χ2n) is 6.87. The fourth-order valence-electron chi connectivity index (χ4n) is 3.26. The minimum atomic E-state index is 0.0943. The molecule has 0 spiro atoms. The number of carbonyl (C=O) groups excluding carboxylic acids is 1. The Morgan fingerprint density at radius 3 is 2.54 bits per heavy atom. The first-order valence-electron chi connectivity index (χ1n) is 9.34. The van der Waals surface area contributed by atoms with Crippen molar-refractivity contribution < 1.29 is 9.53 Å². The van der Waals surface area contributed by atoms with Gasteiger partial charge in [0.25, 0.3) is 5.91 Å². The molecule has 3 aromatic rings. The van der Waals surface area contributed by atoms with Gasteiger partial charge in [0, 0.05) is 43.7 Å². The molecule has 1 fully saturated rings. The summed E-state index contributed by atoms with van der Waals surface area (Å²) in [5.74, 6) is 0.847. The Labute approximate surface area is 173 Å². The van der Waals surface area contributed by atoms with Crippen molar-refractivity contribution >= 4 is 28.6 Å². The number of thiazole rings is 1. The first-order chi connectivity index (χ1) is 13.7. The number of hydrogen-bond acceptors (Lipinski definition) is 6. The Kier molecular flexibility index (Phi) is 6.04. The number of nitrogens with zero attached hydrogens (tertiary/aromatic N) is 3. The van der Waals surface area contributed by atoms with E-state index >= 15 is 0 Å². The van der Waals surface area contributed by atoms with Gasteiger partial charge in [0.15, 0.2) is 0 Å². The fraction of sp³-hybridized carbons (Fsp3) is 0.333. The van der Waals surface area contributed by atoms with E-state index in [0.29, 0.717) is 12.2 Å². The van der Waals surface area contributed by atoms with Crippen LogP contribution in [0.4, 0.5) is 0 Å². The second-order valence-corrected chi connectivity index (χ2v) is 8.71. The number of rotatable bonds is 6. The molecule has 0 radical (unpaired) electrons. The molecule has 0 N–H and O–H groups in total. The van der Waals surface area contributed by atoms with Crippen molar-refractivity contribution in [2.45, 2.75) is 20.1 Å². The minimum Gasteiger partial charge on any atom is -0.487 e. The number of ether oxygens (including phenoxy) is 1. The van der Waals surface area contributed by atoms with E-state index in [9.17, 15) is 4.79 Å². The molecule has 0 atom stereocenters. The SMILES string of the molecule is Cc1nc(COc2ccc(C(=O)N3CCN(Cc4ccsc4)CC3)cc2)cs1. The molecule has 28 heavy (non-hydrogen) atoms. The van der Waals surface area contributed by atoms with Gasteiger partial charge < -0.3 is 9.64 Å². The molecule has 7 heteroatoms. The summed E-state index contributed by atoms with van der Waals surface area (Å²) in [6.45, 7) is 6.76. The molecule has 1 amide bonds. The van der Waals surface area contributed by atoms with Gasteiger partial charge >= 0.3 is 0 Å². The molecule has 146 valence electrons. The summed E-state index contributed by atoms with van der Waals surface area (Å²) in [6.07, 6.45) is 0. The van der Waals surface area contributed by atoms with Gasteiger partial charge in [-0.15, -0.1) is 11.3 Å². The number of carbonyl (C=O) groups is 1. The molecular formula is C21H23N3O2S2. The maximum Gasteiger partial charge on any atom is 0.253 e. The lowest BCUT2D eigenvalue weighted by Gasteiger charge is -2.34. The summed E-state index contributed by atoms with van der Waals surface area (Å²) in [4.78, 5) is 21.5. The number of piperazine rings is 1. The third kappa shape index (κ3) is 4.79. The van der Waals surface area contributed by atoms with E-state index in [2.05, 4.69) is 26.7 Å². The highest BCUT2D eigenvalue weighted by atomic mass is 32.1. The quantitative estimate of drug-likeness (QED) is 0.612. The van der Waals surface area contributed by atoms with Gasteiger partial charge in [0.2, 0.25) is 0 Å². The van der Waals surface area contributed by atoms with Gasteiger partial charge in [-0.25, -0.2) is 4.98 Å². The number of benzene rings is 1. The Morgan fingerprint density at radius 2 is 1.89 bits per heavy atom. The molecule has 1 aromatic carbocycles. The van der Waals surface area contributed by atoms with E-state index in [1.165, 1.54) is 5.56 Å². The molecule has 0 saturated carbocycles. The molecule has 5 nitrogen and oxygen atoms in total. The minimum absolute atomic E-state index is 0.0943.